The quantitative estimate of drug-likeness (QED) is 0.766. The Hall–Kier alpha value is -1.79. The van der Waals surface area contributed by atoms with Crippen LogP contribution in [0.3, 0.4) is 0 Å². The molecule has 0 aromatic heterocycles. The van der Waals surface area contributed by atoms with Crippen molar-refractivity contribution in [3.8, 4) is 0 Å². The molecular weight excluding hydrogens is 262 g/mol. The molecular formula is C13H21N3O4. The first-order valence-corrected chi connectivity index (χ1v) is 6.94. The normalized spacial score (nSPS) is 25.4. The van der Waals surface area contributed by atoms with Crippen molar-refractivity contribution in [1.29, 1.82) is 0 Å². The molecule has 1 aliphatic heterocycles. The Kier molecular flexibility index (Phi) is 4.15. The highest BCUT2D eigenvalue weighted by atomic mass is 16.4. The molecule has 2 aliphatic rings. The number of carboxylic acids is 1. The third-order valence-corrected chi connectivity index (χ3v) is 3.85. The molecule has 2 unspecified atom stereocenters. The number of nitrogens with one attached hydrogen (secondary N) is 1. The zero-order chi connectivity index (χ0) is 14.9. The number of rotatable bonds is 4. The van der Waals surface area contributed by atoms with Gasteiger partial charge in [0.2, 0.25) is 5.91 Å². The van der Waals surface area contributed by atoms with Gasteiger partial charge in [-0.1, -0.05) is 6.92 Å². The van der Waals surface area contributed by atoms with Crippen molar-refractivity contribution < 1.29 is 19.5 Å². The summed E-state index contributed by atoms with van der Waals surface area (Å²) in [7, 11) is 1.52. The lowest BCUT2D eigenvalue weighted by molar-refractivity contribution is -0.142. The molecule has 7 heteroatoms. The Morgan fingerprint density at radius 2 is 1.95 bits per heavy atom. The van der Waals surface area contributed by atoms with Crippen molar-refractivity contribution in [2.75, 3.05) is 20.1 Å². The number of likely N-dealkylation sites (tertiary alicyclic amines) is 1. The van der Waals surface area contributed by atoms with Gasteiger partial charge < -0.3 is 20.2 Å². The molecule has 0 bridgehead atoms. The molecule has 112 valence electrons. The van der Waals surface area contributed by atoms with Crippen LogP contribution in [-0.2, 0) is 9.59 Å². The van der Waals surface area contributed by atoms with Crippen LogP contribution < -0.4 is 5.32 Å². The number of aliphatic carboxylic acids is 1. The third-order valence-electron chi connectivity index (χ3n) is 3.85. The number of carboxylic acid groups (broad SMARTS) is 1. The molecule has 7 nitrogen and oxygen atoms in total. The molecule has 0 radical (unpaired) electrons. The lowest BCUT2D eigenvalue weighted by atomic mass is 10.0. The van der Waals surface area contributed by atoms with Gasteiger partial charge in [-0.05, 0) is 25.2 Å². The van der Waals surface area contributed by atoms with Crippen molar-refractivity contribution >= 4 is 17.9 Å². The highest BCUT2D eigenvalue weighted by Gasteiger charge is 2.40. The molecule has 0 aromatic carbocycles. The van der Waals surface area contributed by atoms with Gasteiger partial charge in [0.05, 0.1) is 0 Å². The summed E-state index contributed by atoms with van der Waals surface area (Å²) in [5, 5.41) is 12.0. The summed E-state index contributed by atoms with van der Waals surface area (Å²) in [6, 6.07) is -0.936. The zero-order valence-electron chi connectivity index (χ0n) is 11.8. The topological polar surface area (TPSA) is 90.0 Å². The van der Waals surface area contributed by atoms with Gasteiger partial charge in [0, 0.05) is 19.6 Å². The van der Waals surface area contributed by atoms with Gasteiger partial charge in [-0.25, -0.2) is 9.59 Å². The number of carbonyl (C=O) groups excluding carboxylic acids is 2. The molecule has 0 spiro atoms. The third kappa shape index (κ3) is 3.20. The average molecular weight is 283 g/mol. The molecule has 1 saturated carbocycles. The minimum atomic E-state index is -0.987. The highest BCUT2D eigenvalue weighted by molar-refractivity contribution is 5.87. The van der Waals surface area contributed by atoms with E-state index in [9.17, 15) is 19.5 Å². The van der Waals surface area contributed by atoms with E-state index in [0.29, 0.717) is 13.0 Å². The van der Waals surface area contributed by atoms with E-state index in [1.54, 1.807) is 0 Å². The maximum absolute atomic E-state index is 12.3. The van der Waals surface area contributed by atoms with E-state index in [1.165, 1.54) is 16.8 Å². The van der Waals surface area contributed by atoms with Crippen LogP contribution in [-0.4, -0.2) is 65.0 Å². The first-order chi connectivity index (χ1) is 9.40. The van der Waals surface area contributed by atoms with Crippen LogP contribution in [0.15, 0.2) is 0 Å². The summed E-state index contributed by atoms with van der Waals surface area (Å²) in [6.45, 7) is 2.21. The Morgan fingerprint density at radius 3 is 2.50 bits per heavy atom. The summed E-state index contributed by atoms with van der Waals surface area (Å²) in [6.07, 6.45) is 2.66. The molecule has 0 aromatic rings. The number of likely N-dealkylation sites (N-methyl/N-ethyl adjacent to an activating group) is 1. The minimum absolute atomic E-state index is 0.0352. The van der Waals surface area contributed by atoms with Crippen LogP contribution in [0.4, 0.5) is 4.79 Å². The van der Waals surface area contributed by atoms with E-state index in [0.717, 1.165) is 12.8 Å². The van der Waals surface area contributed by atoms with Crippen LogP contribution in [0.2, 0.25) is 0 Å². The van der Waals surface area contributed by atoms with Crippen LogP contribution in [0.25, 0.3) is 0 Å². The number of urea groups is 1. The van der Waals surface area contributed by atoms with E-state index in [-0.39, 0.29) is 24.4 Å². The van der Waals surface area contributed by atoms with Gasteiger partial charge >= 0.3 is 12.0 Å². The molecule has 2 atom stereocenters. The zero-order valence-corrected chi connectivity index (χ0v) is 11.8. The van der Waals surface area contributed by atoms with E-state index >= 15 is 0 Å². The molecule has 2 N–H and O–H groups in total. The van der Waals surface area contributed by atoms with Crippen LogP contribution in [0, 0.1) is 5.92 Å². The predicted octanol–water partition coefficient (Wildman–Crippen LogP) is 0.112. The van der Waals surface area contributed by atoms with Crippen LogP contribution >= 0.6 is 0 Å². The molecule has 1 aliphatic carbocycles. The minimum Gasteiger partial charge on any atom is -0.480 e. The fraction of sp³-hybridized carbons (Fsp3) is 0.769. The second-order valence-electron chi connectivity index (χ2n) is 5.72. The number of hydrogen-bond acceptors (Lipinski definition) is 3. The molecule has 3 amide bonds. The van der Waals surface area contributed by atoms with Crippen LogP contribution in [0.1, 0.15) is 26.2 Å². The lowest BCUT2D eigenvalue weighted by Crippen LogP contribution is -2.50. The summed E-state index contributed by atoms with van der Waals surface area (Å²) in [4.78, 5) is 37.8. The number of hydrogen-bond donors (Lipinski definition) is 2. The van der Waals surface area contributed by atoms with E-state index in [2.05, 4.69) is 5.32 Å². The first kappa shape index (κ1) is 14.6. The molecule has 1 heterocycles. The molecule has 2 rings (SSSR count). The Morgan fingerprint density at radius 1 is 1.30 bits per heavy atom. The summed E-state index contributed by atoms with van der Waals surface area (Å²) < 4.78 is 0. The van der Waals surface area contributed by atoms with E-state index < -0.39 is 18.0 Å². The monoisotopic (exact) mass is 283 g/mol. The largest absolute Gasteiger partial charge is 0.480 e. The number of nitrogens with zero attached hydrogens (tertiary/aromatic N) is 2. The number of amides is 3. The van der Waals surface area contributed by atoms with E-state index in [4.69, 9.17) is 0 Å². The number of carbonyl (C=O) groups is 3. The highest BCUT2D eigenvalue weighted by Crippen LogP contribution is 2.25. The first-order valence-electron chi connectivity index (χ1n) is 6.94. The summed E-state index contributed by atoms with van der Waals surface area (Å²) >= 11 is 0. The van der Waals surface area contributed by atoms with Gasteiger partial charge in [0.1, 0.15) is 12.6 Å². The maximum atomic E-state index is 12.3. The van der Waals surface area contributed by atoms with Gasteiger partial charge in [0.15, 0.2) is 0 Å². The SMILES string of the molecule is CC1CCN(C(=O)N(C)CC(=O)NC2CC2)C1C(=O)O. The van der Waals surface area contributed by atoms with Crippen molar-refractivity contribution in [1.82, 2.24) is 15.1 Å². The van der Waals surface area contributed by atoms with Crippen LogP contribution in [0.5, 0.6) is 0 Å². The van der Waals surface area contributed by atoms with Gasteiger partial charge in [0.25, 0.3) is 0 Å². The van der Waals surface area contributed by atoms with Gasteiger partial charge in [-0.15, -0.1) is 0 Å². The fourth-order valence-corrected chi connectivity index (χ4v) is 2.54. The summed E-state index contributed by atoms with van der Waals surface area (Å²) in [5.74, 6) is -1.24. The lowest BCUT2D eigenvalue weighted by Gasteiger charge is -2.28. The fourth-order valence-electron chi connectivity index (χ4n) is 2.54. The average Bonchev–Trinajstić information content (AvgIpc) is 3.07. The van der Waals surface area contributed by atoms with Crippen molar-refractivity contribution in [2.45, 2.75) is 38.3 Å². The van der Waals surface area contributed by atoms with Crippen molar-refractivity contribution in [3.05, 3.63) is 0 Å². The Labute approximate surface area is 117 Å². The Balaban J connectivity index is 1.91. The van der Waals surface area contributed by atoms with Gasteiger partial charge in [-0.2, -0.15) is 0 Å². The van der Waals surface area contributed by atoms with Crippen molar-refractivity contribution in [3.63, 3.8) is 0 Å². The molecule has 2 fully saturated rings. The Bertz CT molecular complexity index is 422. The second kappa shape index (κ2) is 5.68. The predicted molar refractivity (Wildman–Crippen MR) is 71.1 cm³/mol. The maximum Gasteiger partial charge on any atom is 0.326 e. The molecule has 1 saturated heterocycles. The standard InChI is InChI=1S/C13H21N3O4/c1-8-5-6-16(11(8)12(18)19)13(20)15(2)7-10(17)14-9-3-4-9/h8-9,11H,3-7H2,1-2H3,(H,14,17)(H,18,19). The van der Waals surface area contributed by atoms with Gasteiger partial charge in [-0.3, -0.25) is 4.79 Å². The second-order valence-corrected chi connectivity index (χ2v) is 5.72. The van der Waals surface area contributed by atoms with E-state index in [1.807, 2.05) is 6.92 Å². The molecule has 20 heavy (non-hydrogen) atoms. The smallest absolute Gasteiger partial charge is 0.326 e. The van der Waals surface area contributed by atoms with Crippen molar-refractivity contribution in [2.24, 2.45) is 5.92 Å². The summed E-state index contributed by atoms with van der Waals surface area (Å²) in [5.41, 5.74) is 0.